The molecule has 4 aromatic heterocycles. The van der Waals surface area contributed by atoms with E-state index >= 15 is 0 Å². The number of hydrogen-bond donors (Lipinski definition) is 2. The number of fused-ring (bicyclic) bond motifs is 1. The molecule has 0 saturated carbocycles. The number of methoxy groups -OCH3 is 1. The van der Waals surface area contributed by atoms with E-state index in [-0.39, 0.29) is 5.69 Å². The van der Waals surface area contributed by atoms with Crippen molar-refractivity contribution in [2.45, 2.75) is 0 Å². The Bertz CT molecular complexity index is 1190. The third-order valence-corrected chi connectivity index (χ3v) is 3.67. The maximum absolute atomic E-state index is 14.0. The highest BCUT2D eigenvalue weighted by molar-refractivity contribution is 5.77. The van der Waals surface area contributed by atoms with E-state index < -0.39 is 10.7 Å². The van der Waals surface area contributed by atoms with Crippen molar-refractivity contribution in [3.63, 3.8) is 0 Å². The average molecular weight is 412 g/mol. The number of nitro groups is 1. The molecule has 0 atom stereocenters. The van der Waals surface area contributed by atoms with Gasteiger partial charge in [0, 0.05) is 17.2 Å². The summed E-state index contributed by atoms with van der Waals surface area (Å²) in [6.45, 7) is 0. The predicted molar refractivity (Wildman–Crippen MR) is 108 cm³/mol. The molecule has 0 amide bonds. The summed E-state index contributed by atoms with van der Waals surface area (Å²) in [6.07, 6.45) is 4.26. The van der Waals surface area contributed by atoms with Gasteiger partial charge in [0.2, 0.25) is 11.7 Å². The Kier molecular flexibility index (Phi) is 5.96. The Morgan fingerprint density at radius 1 is 1.30 bits per heavy atom. The molecule has 154 valence electrons. The van der Waals surface area contributed by atoms with E-state index in [4.69, 9.17) is 20.6 Å². The molecule has 0 aliphatic carbocycles. The summed E-state index contributed by atoms with van der Waals surface area (Å²) >= 11 is 0. The number of anilines is 3. The summed E-state index contributed by atoms with van der Waals surface area (Å²) in [5, 5.41) is 16.2. The van der Waals surface area contributed by atoms with E-state index in [1.54, 1.807) is 35.0 Å². The molecule has 4 aromatic rings. The van der Waals surface area contributed by atoms with Crippen molar-refractivity contribution in [1.82, 2.24) is 24.6 Å². The molecule has 0 aliphatic rings. The standard InChI is InChI=1S/C17H14FN7O.CH3NO2/c1-26-15-4-2-3-13(21-15)16-23-17(14-7-10(19)9-25(14)24-16)22-12-5-6-20-8-11(12)18;1-2(3)4/h2-9H,19H2,1H3,(H,20,22,23,24);1H3. The Balaban J connectivity index is 0.000000589. The molecule has 4 heterocycles. The van der Waals surface area contributed by atoms with Crippen LogP contribution in [0.25, 0.3) is 17.0 Å². The summed E-state index contributed by atoms with van der Waals surface area (Å²) in [7, 11) is 2.42. The lowest BCUT2D eigenvalue weighted by Crippen LogP contribution is -2.05. The van der Waals surface area contributed by atoms with Crippen LogP contribution in [0.1, 0.15) is 0 Å². The van der Waals surface area contributed by atoms with Crippen LogP contribution in [0.4, 0.5) is 21.6 Å². The van der Waals surface area contributed by atoms with Gasteiger partial charge in [-0.25, -0.2) is 18.9 Å². The highest BCUT2D eigenvalue weighted by Gasteiger charge is 2.14. The third kappa shape index (κ3) is 4.73. The number of hydrogen-bond acceptors (Lipinski definition) is 9. The molecule has 4 rings (SSSR count). The first-order valence-electron chi connectivity index (χ1n) is 8.49. The fourth-order valence-electron chi connectivity index (χ4n) is 2.48. The van der Waals surface area contributed by atoms with Gasteiger partial charge in [0.25, 0.3) is 0 Å². The second-order valence-corrected chi connectivity index (χ2v) is 5.87. The summed E-state index contributed by atoms with van der Waals surface area (Å²) < 4.78 is 20.7. The van der Waals surface area contributed by atoms with E-state index in [1.165, 1.54) is 19.4 Å². The minimum absolute atomic E-state index is 0.241. The number of nitrogens with two attached hydrogens (primary N) is 1. The third-order valence-electron chi connectivity index (χ3n) is 3.67. The maximum atomic E-state index is 14.0. The quantitative estimate of drug-likeness (QED) is 0.381. The summed E-state index contributed by atoms with van der Waals surface area (Å²) in [5.41, 5.74) is 7.74. The number of ether oxygens (including phenoxy) is 1. The van der Waals surface area contributed by atoms with Gasteiger partial charge in [-0.3, -0.25) is 15.1 Å². The summed E-state index contributed by atoms with van der Waals surface area (Å²) in [5.74, 6) is 0.670. The zero-order chi connectivity index (χ0) is 21.7. The largest absolute Gasteiger partial charge is 0.481 e. The maximum Gasteiger partial charge on any atom is 0.213 e. The number of nitrogens with zero attached hydrogens (tertiary/aromatic N) is 6. The summed E-state index contributed by atoms with van der Waals surface area (Å²) in [4.78, 5) is 20.9. The molecule has 11 nitrogen and oxygen atoms in total. The molecule has 0 aromatic carbocycles. The molecule has 0 bridgehead atoms. The van der Waals surface area contributed by atoms with Gasteiger partial charge >= 0.3 is 0 Å². The van der Waals surface area contributed by atoms with E-state index in [2.05, 4.69) is 25.4 Å². The van der Waals surface area contributed by atoms with Gasteiger partial charge in [-0.15, -0.1) is 5.10 Å². The lowest BCUT2D eigenvalue weighted by atomic mass is 10.3. The number of nitrogen functional groups attached to an aromatic ring is 1. The number of pyridine rings is 2. The van der Waals surface area contributed by atoms with Crippen LogP contribution < -0.4 is 15.8 Å². The molecule has 30 heavy (non-hydrogen) atoms. The SMILES string of the molecule is COc1cccc(-c2nc(Nc3ccncc3F)c3cc(N)cn3n2)n1.C[N+](=O)[O-]. The van der Waals surface area contributed by atoms with Crippen molar-refractivity contribution in [2.75, 3.05) is 25.2 Å². The number of aromatic nitrogens is 5. The van der Waals surface area contributed by atoms with Crippen LogP contribution in [-0.2, 0) is 0 Å². The van der Waals surface area contributed by atoms with Gasteiger partial charge in [0.05, 0.1) is 30.9 Å². The smallest absolute Gasteiger partial charge is 0.213 e. The lowest BCUT2D eigenvalue weighted by Gasteiger charge is -2.10. The number of halogens is 1. The van der Waals surface area contributed by atoms with Crippen LogP contribution in [0.5, 0.6) is 5.88 Å². The first kappa shape index (κ1) is 20.4. The van der Waals surface area contributed by atoms with E-state index in [9.17, 15) is 4.39 Å². The van der Waals surface area contributed by atoms with E-state index in [1.807, 2.05) is 0 Å². The normalized spacial score (nSPS) is 10.2. The molecule has 0 aliphatic heterocycles. The molecular formula is C18H17FN8O3. The van der Waals surface area contributed by atoms with Crippen LogP contribution in [0.3, 0.4) is 0 Å². The Morgan fingerprint density at radius 3 is 2.77 bits per heavy atom. The topological polar surface area (TPSA) is 146 Å². The highest BCUT2D eigenvalue weighted by atomic mass is 19.1. The van der Waals surface area contributed by atoms with Gasteiger partial charge in [-0.2, -0.15) is 0 Å². The molecule has 0 unspecified atom stereocenters. The first-order chi connectivity index (χ1) is 14.4. The van der Waals surface area contributed by atoms with Gasteiger partial charge in [0.1, 0.15) is 11.2 Å². The van der Waals surface area contributed by atoms with Crippen molar-refractivity contribution < 1.29 is 14.1 Å². The minimum atomic E-state index is -0.500. The highest BCUT2D eigenvalue weighted by Crippen LogP contribution is 2.26. The molecule has 3 N–H and O–H groups in total. The molecule has 12 heteroatoms. The molecule has 0 radical (unpaired) electrons. The fourth-order valence-corrected chi connectivity index (χ4v) is 2.48. The van der Waals surface area contributed by atoms with Gasteiger partial charge in [-0.1, -0.05) is 6.07 Å². The fraction of sp³-hybridized carbons (Fsp3) is 0.111. The van der Waals surface area contributed by atoms with Crippen molar-refractivity contribution in [3.05, 3.63) is 64.9 Å². The minimum Gasteiger partial charge on any atom is -0.481 e. The van der Waals surface area contributed by atoms with Crippen LogP contribution in [0.15, 0.2) is 48.9 Å². The molecule has 0 fully saturated rings. The zero-order valence-corrected chi connectivity index (χ0v) is 16.0. The summed E-state index contributed by atoms with van der Waals surface area (Å²) in [6, 6.07) is 8.48. The van der Waals surface area contributed by atoms with Gasteiger partial charge < -0.3 is 15.8 Å². The number of rotatable bonds is 4. The van der Waals surface area contributed by atoms with Crippen molar-refractivity contribution in [1.29, 1.82) is 0 Å². The van der Waals surface area contributed by atoms with Crippen molar-refractivity contribution >= 4 is 22.7 Å². The van der Waals surface area contributed by atoms with Crippen LogP contribution >= 0.6 is 0 Å². The monoisotopic (exact) mass is 412 g/mol. The Labute approximate surface area is 169 Å². The predicted octanol–water partition coefficient (Wildman–Crippen LogP) is 2.55. The second-order valence-electron chi connectivity index (χ2n) is 5.87. The lowest BCUT2D eigenvalue weighted by molar-refractivity contribution is -0.445. The van der Waals surface area contributed by atoms with Crippen LogP contribution in [0.2, 0.25) is 0 Å². The van der Waals surface area contributed by atoms with Crippen LogP contribution in [-0.4, -0.2) is 43.6 Å². The number of nitrogens with one attached hydrogen (secondary N) is 1. The van der Waals surface area contributed by atoms with Crippen LogP contribution in [0, 0.1) is 15.9 Å². The Morgan fingerprint density at radius 2 is 2.07 bits per heavy atom. The van der Waals surface area contributed by atoms with Crippen molar-refractivity contribution in [2.24, 2.45) is 0 Å². The second kappa shape index (κ2) is 8.77. The average Bonchev–Trinajstić information content (AvgIpc) is 3.10. The van der Waals surface area contributed by atoms with Crippen molar-refractivity contribution in [3.8, 4) is 17.4 Å². The van der Waals surface area contributed by atoms with Gasteiger partial charge in [0.15, 0.2) is 18.7 Å². The molecule has 0 saturated heterocycles. The zero-order valence-electron chi connectivity index (χ0n) is 16.0. The van der Waals surface area contributed by atoms with Gasteiger partial charge in [-0.05, 0) is 18.2 Å². The molecule has 0 spiro atoms. The first-order valence-corrected chi connectivity index (χ1v) is 8.49. The van der Waals surface area contributed by atoms with E-state index in [0.717, 1.165) is 13.2 Å². The molecular weight excluding hydrogens is 395 g/mol. The Hall–Kier alpha value is -4.35. The van der Waals surface area contributed by atoms with E-state index in [0.29, 0.717) is 34.4 Å².